The van der Waals surface area contributed by atoms with Crippen LogP contribution in [0.3, 0.4) is 0 Å². The molecule has 0 saturated heterocycles. The fraction of sp³-hybridized carbons (Fsp3) is 0.263. The molecule has 0 heterocycles. The summed E-state index contributed by atoms with van der Waals surface area (Å²) in [5.74, 6) is -0.976. The van der Waals surface area contributed by atoms with Crippen molar-refractivity contribution in [3.63, 3.8) is 0 Å². The van der Waals surface area contributed by atoms with Crippen LogP contribution in [-0.4, -0.2) is 36.2 Å². The standard InChI is InChI=1S/C19H21ClN2O4/c1-19(25,11-13-7-9-14(26-2)10-8-13)12-21-17(23)18(24)22-16-6-4-3-5-15(16)20/h3-10,25H,11-12H2,1-2H3,(H,21,23)(H,22,24)/t19-/m0/s1. The van der Waals surface area contributed by atoms with Crippen LogP contribution in [0.2, 0.25) is 5.02 Å². The van der Waals surface area contributed by atoms with Gasteiger partial charge in [-0.05, 0) is 36.8 Å². The average Bonchev–Trinajstić information content (AvgIpc) is 2.62. The van der Waals surface area contributed by atoms with Gasteiger partial charge in [-0.1, -0.05) is 35.9 Å². The van der Waals surface area contributed by atoms with Gasteiger partial charge in [0.25, 0.3) is 0 Å². The molecule has 0 radical (unpaired) electrons. The number of rotatable bonds is 6. The number of aliphatic hydroxyl groups is 1. The van der Waals surface area contributed by atoms with Gasteiger partial charge in [0.15, 0.2) is 0 Å². The van der Waals surface area contributed by atoms with E-state index in [0.717, 1.165) is 11.3 Å². The highest BCUT2D eigenvalue weighted by Gasteiger charge is 2.24. The summed E-state index contributed by atoms with van der Waals surface area (Å²) in [6.45, 7) is 1.51. The fourth-order valence-electron chi connectivity index (χ4n) is 2.34. The molecule has 0 saturated carbocycles. The minimum atomic E-state index is -1.21. The maximum absolute atomic E-state index is 11.9. The summed E-state index contributed by atoms with van der Waals surface area (Å²) < 4.78 is 5.09. The van der Waals surface area contributed by atoms with E-state index >= 15 is 0 Å². The number of halogens is 1. The van der Waals surface area contributed by atoms with E-state index in [-0.39, 0.29) is 6.54 Å². The Hall–Kier alpha value is -2.57. The Bertz CT molecular complexity index is 775. The van der Waals surface area contributed by atoms with E-state index in [1.165, 1.54) is 0 Å². The molecule has 0 aliphatic carbocycles. The minimum absolute atomic E-state index is 0.0756. The van der Waals surface area contributed by atoms with Gasteiger partial charge in [-0.15, -0.1) is 0 Å². The molecule has 2 rings (SSSR count). The predicted octanol–water partition coefficient (Wildman–Crippen LogP) is 2.40. The molecule has 0 spiro atoms. The molecular formula is C19H21ClN2O4. The molecule has 138 valence electrons. The van der Waals surface area contributed by atoms with Crippen molar-refractivity contribution in [1.29, 1.82) is 0 Å². The number of nitrogens with one attached hydrogen (secondary N) is 2. The van der Waals surface area contributed by atoms with Crippen molar-refractivity contribution >= 4 is 29.1 Å². The van der Waals surface area contributed by atoms with Crippen LogP contribution in [0.1, 0.15) is 12.5 Å². The summed E-state index contributed by atoms with van der Waals surface area (Å²) in [4.78, 5) is 23.9. The van der Waals surface area contributed by atoms with Gasteiger partial charge in [-0.3, -0.25) is 9.59 Å². The van der Waals surface area contributed by atoms with Crippen molar-refractivity contribution in [3.8, 4) is 5.75 Å². The topological polar surface area (TPSA) is 87.7 Å². The Morgan fingerprint density at radius 3 is 2.38 bits per heavy atom. The molecule has 3 N–H and O–H groups in total. The normalized spacial score (nSPS) is 12.8. The van der Waals surface area contributed by atoms with E-state index in [1.807, 2.05) is 12.1 Å². The number of methoxy groups -OCH3 is 1. The molecule has 26 heavy (non-hydrogen) atoms. The molecule has 1 atom stereocenters. The first-order valence-electron chi connectivity index (χ1n) is 8.00. The number of carbonyl (C=O) groups is 2. The Morgan fingerprint density at radius 2 is 1.77 bits per heavy atom. The highest BCUT2D eigenvalue weighted by molar-refractivity contribution is 6.41. The first-order valence-corrected chi connectivity index (χ1v) is 8.37. The lowest BCUT2D eigenvalue weighted by molar-refractivity contribution is -0.136. The Morgan fingerprint density at radius 1 is 1.12 bits per heavy atom. The maximum Gasteiger partial charge on any atom is 0.313 e. The van der Waals surface area contributed by atoms with Crippen LogP contribution < -0.4 is 15.4 Å². The van der Waals surface area contributed by atoms with Gasteiger partial charge in [-0.2, -0.15) is 0 Å². The van der Waals surface area contributed by atoms with Gasteiger partial charge < -0.3 is 20.5 Å². The van der Waals surface area contributed by atoms with Crippen LogP contribution >= 0.6 is 11.6 Å². The second-order valence-electron chi connectivity index (χ2n) is 6.14. The summed E-state index contributed by atoms with van der Waals surface area (Å²) in [5.41, 5.74) is 0.0134. The van der Waals surface area contributed by atoms with Crippen molar-refractivity contribution < 1.29 is 19.4 Å². The molecule has 2 aromatic rings. The van der Waals surface area contributed by atoms with Gasteiger partial charge in [0.05, 0.1) is 23.4 Å². The Kier molecular flexibility index (Phi) is 6.60. The van der Waals surface area contributed by atoms with Gasteiger partial charge in [0, 0.05) is 13.0 Å². The SMILES string of the molecule is COc1ccc(C[C@](C)(O)CNC(=O)C(=O)Nc2ccccc2Cl)cc1. The zero-order valence-corrected chi connectivity index (χ0v) is 15.3. The highest BCUT2D eigenvalue weighted by atomic mass is 35.5. The first-order chi connectivity index (χ1) is 12.3. The quantitative estimate of drug-likeness (QED) is 0.675. The Balaban J connectivity index is 1.88. The van der Waals surface area contributed by atoms with E-state index in [0.29, 0.717) is 17.1 Å². The number of para-hydroxylation sites is 1. The number of hydrogen-bond acceptors (Lipinski definition) is 4. The summed E-state index contributed by atoms with van der Waals surface area (Å²) in [6.07, 6.45) is 0.309. The van der Waals surface area contributed by atoms with E-state index in [2.05, 4.69) is 10.6 Å². The summed E-state index contributed by atoms with van der Waals surface area (Å²) in [6, 6.07) is 13.9. The van der Waals surface area contributed by atoms with E-state index < -0.39 is 17.4 Å². The zero-order chi connectivity index (χ0) is 19.2. The molecule has 0 aliphatic rings. The molecular weight excluding hydrogens is 356 g/mol. The smallest absolute Gasteiger partial charge is 0.313 e. The van der Waals surface area contributed by atoms with Crippen molar-refractivity contribution in [2.75, 3.05) is 19.0 Å². The highest BCUT2D eigenvalue weighted by Crippen LogP contribution is 2.20. The molecule has 2 aromatic carbocycles. The lowest BCUT2D eigenvalue weighted by atomic mass is 9.96. The second kappa shape index (κ2) is 8.69. The third-order valence-electron chi connectivity index (χ3n) is 3.70. The number of benzene rings is 2. The average molecular weight is 377 g/mol. The predicted molar refractivity (Wildman–Crippen MR) is 100 cm³/mol. The molecule has 0 fully saturated rings. The van der Waals surface area contributed by atoms with Crippen LogP contribution in [0.5, 0.6) is 5.75 Å². The lowest BCUT2D eigenvalue weighted by Crippen LogP contribution is -2.45. The van der Waals surface area contributed by atoms with E-state index in [9.17, 15) is 14.7 Å². The molecule has 0 aliphatic heterocycles. The molecule has 2 amide bonds. The van der Waals surface area contributed by atoms with Gasteiger partial charge in [0.2, 0.25) is 0 Å². The Labute approximate surface area is 157 Å². The number of amides is 2. The van der Waals surface area contributed by atoms with Crippen LogP contribution in [0.4, 0.5) is 5.69 Å². The molecule has 0 bridgehead atoms. The zero-order valence-electron chi connectivity index (χ0n) is 14.6. The van der Waals surface area contributed by atoms with Crippen molar-refractivity contribution in [3.05, 3.63) is 59.1 Å². The largest absolute Gasteiger partial charge is 0.497 e. The molecule has 0 unspecified atom stereocenters. The summed E-state index contributed by atoms with van der Waals surface area (Å²) in [7, 11) is 1.58. The van der Waals surface area contributed by atoms with Gasteiger partial charge >= 0.3 is 11.8 Å². The number of anilines is 1. The second-order valence-corrected chi connectivity index (χ2v) is 6.55. The fourth-order valence-corrected chi connectivity index (χ4v) is 2.52. The van der Waals surface area contributed by atoms with Crippen LogP contribution in [0.15, 0.2) is 48.5 Å². The van der Waals surface area contributed by atoms with Crippen LogP contribution in [0, 0.1) is 0 Å². The number of hydrogen-bond donors (Lipinski definition) is 3. The summed E-state index contributed by atoms with van der Waals surface area (Å²) in [5, 5.41) is 15.7. The maximum atomic E-state index is 11.9. The van der Waals surface area contributed by atoms with Crippen molar-refractivity contribution in [2.24, 2.45) is 0 Å². The monoisotopic (exact) mass is 376 g/mol. The number of carbonyl (C=O) groups excluding carboxylic acids is 2. The van der Waals surface area contributed by atoms with E-state index in [1.54, 1.807) is 50.4 Å². The minimum Gasteiger partial charge on any atom is -0.497 e. The van der Waals surface area contributed by atoms with Gasteiger partial charge in [-0.25, -0.2) is 0 Å². The number of ether oxygens (including phenoxy) is 1. The lowest BCUT2D eigenvalue weighted by Gasteiger charge is -2.23. The molecule has 7 heteroatoms. The third-order valence-corrected chi connectivity index (χ3v) is 4.03. The van der Waals surface area contributed by atoms with Crippen LogP contribution in [0.25, 0.3) is 0 Å². The van der Waals surface area contributed by atoms with Gasteiger partial charge in [0.1, 0.15) is 5.75 Å². The molecule has 6 nitrogen and oxygen atoms in total. The molecule has 0 aromatic heterocycles. The van der Waals surface area contributed by atoms with Crippen molar-refractivity contribution in [2.45, 2.75) is 18.9 Å². The first kappa shape index (κ1) is 19.8. The van der Waals surface area contributed by atoms with Crippen molar-refractivity contribution in [1.82, 2.24) is 5.32 Å². The summed E-state index contributed by atoms with van der Waals surface area (Å²) >= 11 is 5.94. The van der Waals surface area contributed by atoms with E-state index in [4.69, 9.17) is 16.3 Å². The van der Waals surface area contributed by atoms with Crippen LogP contribution in [-0.2, 0) is 16.0 Å². The third kappa shape index (κ3) is 5.75.